The number of hydrogen-bond donors (Lipinski definition) is 2. The van der Waals surface area contributed by atoms with E-state index in [4.69, 9.17) is 10.2 Å². The Kier molecular flexibility index (Phi) is 6.95. The summed E-state index contributed by atoms with van der Waals surface area (Å²) in [5, 5.41) is 10.3. The molecule has 1 aromatic carbocycles. The van der Waals surface area contributed by atoms with Gasteiger partial charge >= 0.3 is 0 Å². The molecule has 4 rings (SSSR count). The van der Waals surface area contributed by atoms with Crippen LogP contribution in [-0.2, 0) is 11.3 Å². The molecule has 0 aliphatic carbocycles. The molecule has 3 aromatic heterocycles. The van der Waals surface area contributed by atoms with Crippen LogP contribution in [0.25, 0.3) is 22.8 Å². The standard InChI is InChI=1S/C24H22FN7O4/c1-13(2)19(20(34)23-31-30-22(36-23)15-4-3-9-27-10-15)29-18(33)12-32-21(28-11-17(26)24(32)35)14-5-7-16(25)8-6-14/h3-11,13,19H,12,26H2,1-2H3,(H,29,33)/t19-/m0/s1. The summed E-state index contributed by atoms with van der Waals surface area (Å²) in [5.41, 5.74) is 5.85. The summed E-state index contributed by atoms with van der Waals surface area (Å²) in [6.45, 7) is 2.99. The first kappa shape index (κ1) is 24.4. The minimum absolute atomic E-state index is 0.113. The van der Waals surface area contributed by atoms with Crippen LogP contribution in [0, 0.1) is 11.7 Å². The zero-order valence-electron chi connectivity index (χ0n) is 19.4. The van der Waals surface area contributed by atoms with Gasteiger partial charge in [0, 0.05) is 18.0 Å². The van der Waals surface area contributed by atoms with E-state index in [0.29, 0.717) is 11.1 Å². The maximum Gasteiger partial charge on any atom is 0.286 e. The summed E-state index contributed by atoms with van der Waals surface area (Å²) in [6, 6.07) is 7.64. The van der Waals surface area contributed by atoms with Gasteiger partial charge in [0.05, 0.1) is 17.8 Å². The number of Topliss-reactive ketones (excluding diaryl/α,β-unsaturated/α-hetero) is 1. The Morgan fingerprint density at radius 3 is 2.53 bits per heavy atom. The summed E-state index contributed by atoms with van der Waals surface area (Å²) in [7, 11) is 0. The van der Waals surface area contributed by atoms with Crippen molar-refractivity contribution in [1.29, 1.82) is 0 Å². The van der Waals surface area contributed by atoms with Gasteiger partial charge in [0.1, 0.15) is 23.9 Å². The van der Waals surface area contributed by atoms with Crippen LogP contribution >= 0.6 is 0 Å². The fourth-order valence-electron chi connectivity index (χ4n) is 3.44. The molecule has 0 saturated heterocycles. The van der Waals surface area contributed by atoms with Gasteiger partial charge in [0.2, 0.25) is 17.6 Å². The van der Waals surface area contributed by atoms with E-state index in [2.05, 4.69) is 25.5 Å². The average Bonchev–Trinajstić information content (AvgIpc) is 3.37. The third-order valence-electron chi connectivity index (χ3n) is 5.29. The highest BCUT2D eigenvalue weighted by molar-refractivity contribution is 5.98. The molecule has 184 valence electrons. The summed E-state index contributed by atoms with van der Waals surface area (Å²) < 4.78 is 19.9. The van der Waals surface area contributed by atoms with Crippen molar-refractivity contribution in [2.75, 3.05) is 5.73 Å². The second kappa shape index (κ2) is 10.3. The Bertz CT molecular complexity index is 1450. The maximum atomic E-state index is 13.4. The van der Waals surface area contributed by atoms with Gasteiger partial charge in [-0.05, 0) is 42.3 Å². The van der Waals surface area contributed by atoms with Gasteiger partial charge in [-0.15, -0.1) is 10.2 Å². The van der Waals surface area contributed by atoms with Crippen LogP contribution in [0.1, 0.15) is 24.5 Å². The van der Waals surface area contributed by atoms with E-state index < -0.39 is 35.7 Å². The molecule has 3 heterocycles. The Morgan fingerprint density at radius 2 is 1.86 bits per heavy atom. The predicted molar refractivity (Wildman–Crippen MR) is 127 cm³/mol. The van der Waals surface area contributed by atoms with Gasteiger partial charge < -0.3 is 15.5 Å². The van der Waals surface area contributed by atoms with Crippen molar-refractivity contribution < 1.29 is 18.4 Å². The fourth-order valence-corrected chi connectivity index (χ4v) is 3.44. The number of nitrogens with two attached hydrogens (primary N) is 1. The summed E-state index contributed by atoms with van der Waals surface area (Å²) in [6.07, 6.45) is 4.27. The van der Waals surface area contributed by atoms with Crippen molar-refractivity contribution >= 4 is 17.4 Å². The smallest absolute Gasteiger partial charge is 0.286 e. The summed E-state index contributed by atoms with van der Waals surface area (Å²) >= 11 is 0. The van der Waals surface area contributed by atoms with E-state index in [-0.39, 0.29) is 29.2 Å². The summed E-state index contributed by atoms with van der Waals surface area (Å²) in [5.74, 6) is -2.09. The number of carbonyl (C=O) groups excluding carboxylic acids is 2. The molecule has 3 N–H and O–H groups in total. The van der Waals surface area contributed by atoms with Gasteiger partial charge in [-0.2, -0.15) is 0 Å². The van der Waals surface area contributed by atoms with Gasteiger partial charge in [-0.1, -0.05) is 13.8 Å². The van der Waals surface area contributed by atoms with Gasteiger partial charge in [-0.3, -0.25) is 23.9 Å². The Morgan fingerprint density at radius 1 is 1.11 bits per heavy atom. The molecule has 12 heteroatoms. The van der Waals surface area contributed by atoms with Crippen molar-refractivity contribution in [2.45, 2.75) is 26.4 Å². The minimum atomic E-state index is -1.02. The monoisotopic (exact) mass is 491 g/mol. The average molecular weight is 491 g/mol. The lowest BCUT2D eigenvalue weighted by Crippen LogP contribution is -2.46. The first-order chi connectivity index (χ1) is 17.2. The van der Waals surface area contributed by atoms with Crippen molar-refractivity contribution in [1.82, 2.24) is 30.0 Å². The van der Waals surface area contributed by atoms with Crippen LogP contribution in [0.4, 0.5) is 10.1 Å². The van der Waals surface area contributed by atoms with E-state index >= 15 is 0 Å². The third kappa shape index (κ3) is 5.17. The SMILES string of the molecule is CC(C)[C@H](NC(=O)Cn1c(-c2ccc(F)cc2)ncc(N)c1=O)C(=O)c1nnc(-c2cccnc2)o1. The molecule has 0 aliphatic heterocycles. The van der Waals surface area contributed by atoms with Gasteiger partial charge in [-0.25, -0.2) is 9.37 Å². The number of carbonyl (C=O) groups is 2. The normalized spacial score (nSPS) is 11.9. The van der Waals surface area contributed by atoms with Crippen molar-refractivity contribution in [2.24, 2.45) is 5.92 Å². The molecule has 0 saturated carbocycles. The molecular weight excluding hydrogens is 469 g/mol. The number of aromatic nitrogens is 5. The maximum absolute atomic E-state index is 13.4. The van der Waals surface area contributed by atoms with Crippen LogP contribution in [0.15, 0.2) is 64.2 Å². The molecule has 0 spiro atoms. The number of anilines is 1. The number of halogens is 1. The molecule has 0 fully saturated rings. The molecule has 0 aliphatic rings. The highest BCUT2D eigenvalue weighted by Crippen LogP contribution is 2.19. The molecule has 1 atom stereocenters. The molecule has 0 bridgehead atoms. The number of ketones is 1. The molecule has 1 amide bonds. The Labute approximate surface area is 204 Å². The van der Waals surface area contributed by atoms with E-state index in [0.717, 1.165) is 4.57 Å². The molecule has 36 heavy (non-hydrogen) atoms. The largest absolute Gasteiger partial charge is 0.413 e. The minimum Gasteiger partial charge on any atom is -0.413 e. The molecule has 0 radical (unpaired) electrons. The van der Waals surface area contributed by atoms with Crippen molar-refractivity contribution in [3.63, 3.8) is 0 Å². The summed E-state index contributed by atoms with van der Waals surface area (Å²) in [4.78, 5) is 46.9. The van der Waals surface area contributed by atoms with Crippen LogP contribution in [0.2, 0.25) is 0 Å². The van der Waals surface area contributed by atoms with Crippen LogP contribution in [0.3, 0.4) is 0 Å². The first-order valence-electron chi connectivity index (χ1n) is 10.9. The lowest BCUT2D eigenvalue weighted by Gasteiger charge is -2.20. The number of pyridine rings is 1. The molecule has 0 unspecified atom stereocenters. The lowest BCUT2D eigenvalue weighted by molar-refractivity contribution is -0.122. The molecular formula is C24H22FN7O4. The van der Waals surface area contributed by atoms with Gasteiger partial charge in [0.15, 0.2) is 0 Å². The Balaban J connectivity index is 1.56. The predicted octanol–water partition coefficient (Wildman–Crippen LogP) is 2.10. The van der Waals surface area contributed by atoms with Crippen LogP contribution in [-0.4, -0.2) is 42.5 Å². The number of hydrogen-bond acceptors (Lipinski definition) is 9. The van der Waals surface area contributed by atoms with Crippen molar-refractivity contribution in [3.8, 4) is 22.8 Å². The number of nitrogens with zero attached hydrogens (tertiary/aromatic N) is 5. The highest BCUT2D eigenvalue weighted by Gasteiger charge is 2.30. The number of nitrogens with one attached hydrogen (secondary N) is 1. The highest BCUT2D eigenvalue weighted by atomic mass is 19.1. The number of nitrogen functional groups attached to an aromatic ring is 1. The Hall–Kier alpha value is -4.74. The number of amides is 1. The van der Waals surface area contributed by atoms with Gasteiger partial charge in [0.25, 0.3) is 11.4 Å². The second-order valence-electron chi connectivity index (χ2n) is 8.24. The number of rotatable bonds is 8. The molecule has 11 nitrogen and oxygen atoms in total. The molecule has 4 aromatic rings. The van der Waals surface area contributed by atoms with Crippen LogP contribution < -0.4 is 16.6 Å². The quantitative estimate of drug-likeness (QED) is 0.352. The topological polar surface area (TPSA) is 159 Å². The van der Waals surface area contributed by atoms with E-state index in [9.17, 15) is 18.8 Å². The zero-order valence-corrected chi connectivity index (χ0v) is 19.4. The van der Waals surface area contributed by atoms with E-state index in [1.54, 1.807) is 32.2 Å². The third-order valence-corrected chi connectivity index (χ3v) is 5.29. The fraction of sp³-hybridized carbons (Fsp3) is 0.208. The first-order valence-corrected chi connectivity index (χ1v) is 10.9. The second-order valence-corrected chi connectivity index (χ2v) is 8.24. The van der Waals surface area contributed by atoms with E-state index in [1.807, 2.05) is 0 Å². The lowest BCUT2D eigenvalue weighted by atomic mass is 9.99. The number of benzene rings is 1. The van der Waals surface area contributed by atoms with E-state index in [1.165, 1.54) is 36.7 Å². The zero-order chi connectivity index (χ0) is 25.8. The van der Waals surface area contributed by atoms with Crippen LogP contribution in [0.5, 0.6) is 0 Å². The van der Waals surface area contributed by atoms with Crippen molar-refractivity contribution in [3.05, 3.63) is 77.1 Å².